The third-order valence-electron chi connectivity index (χ3n) is 4.13. The summed E-state index contributed by atoms with van der Waals surface area (Å²) in [5.41, 5.74) is 7.20. The minimum Gasteiger partial charge on any atom is -0.265 e. The predicted octanol–water partition coefficient (Wildman–Crippen LogP) is 5.48. The number of pyridine rings is 2. The first-order valence-corrected chi connectivity index (χ1v) is 7.93. The van der Waals surface area contributed by atoms with E-state index in [9.17, 15) is 0 Å². The van der Waals surface area contributed by atoms with Gasteiger partial charge in [-0.2, -0.15) is 0 Å². The Morgan fingerprint density at radius 1 is 0.375 bits per heavy atom. The van der Waals surface area contributed by atoms with E-state index in [0.717, 1.165) is 0 Å². The van der Waals surface area contributed by atoms with Gasteiger partial charge in [0.2, 0.25) is 0 Å². The summed E-state index contributed by atoms with van der Waals surface area (Å²) < 4.78 is 0. The molecule has 0 unspecified atom stereocenters. The van der Waals surface area contributed by atoms with Gasteiger partial charge in [-0.1, -0.05) is 48.5 Å². The van der Waals surface area contributed by atoms with Crippen molar-refractivity contribution in [2.45, 2.75) is 0 Å². The van der Waals surface area contributed by atoms with Gasteiger partial charge >= 0.3 is 0 Å². The van der Waals surface area contributed by atoms with Crippen LogP contribution in [0, 0.1) is 0 Å². The summed E-state index contributed by atoms with van der Waals surface area (Å²) in [6.45, 7) is 0. The third kappa shape index (κ3) is 2.70. The maximum atomic E-state index is 4.13. The van der Waals surface area contributed by atoms with E-state index in [-0.39, 0.29) is 0 Å². The van der Waals surface area contributed by atoms with Crippen molar-refractivity contribution in [3.05, 3.63) is 97.6 Å². The highest BCUT2D eigenvalue weighted by molar-refractivity contribution is 5.91. The second-order valence-corrected chi connectivity index (χ2v) is 5.56. The highest BCUT2D eigenvalue weighted by atomic mass is 14.6. The average Bonchev–Trinajstić information content (AvgIpc) is 2.69. The van der Waals surface area contributed by atoms with Crippen LogP contribution in [-0.2, 0) is 0 Å². The Morgan fingerprint density at radius 2 is 0.708 bits per heavy atom. The Bertz CT molecular complexity index is 867. The van der Waals surface area contributed by atoms with Gasteiger partial charge in [0.1, 0.15) is 0 Å². The van der Waals surface area contributed by atoms with E-state index in [1.54, 1.807) is 0 Å². The van der Waals surface area contributed by atoms with Gasteiger partial charge in [0, 0.05) is 24.8 Å². The lowest BCUT2D eigenvalue weighted by atomic mass is 9.90. The quantitative estimate of drug-likeness (QED) is 0.501. The normalized spacial score (nSPS) is 10.5. The fraction of sp³-hybridized carbons (Fsp3) is 0. The number of hydrogen-bond donors (Lipinski definition) is 0. The monoisotopic (exact) mass is 308 g/mol. The van der Waals surface area contributed by atoms with Crippen LogP contribution in [-0.4, -0.2) is 9.97 Å². The van der Waals surface area contributed by atoms with Crippen LogP contribution < -0.4 is 0 Å². The zero-order chi connectivity index (χ0) is 16.2. The molecule has 2 aromatic carbocycles. The fourth-order valence-electron chi connectivity index (χ4n) is 3.00. The van der Waals surface area contributed by atoms with Crippen molar-refractivity contribution >= 4 is 0 Å². The van der Waals surface area contributed by atoms with Crippen molar-refractivity contribution in [3.8, 4) is 33.4 Å². The van der Waals surface area contributed by atoms with E-state index in [0.29, 0.717) is 0 Å². The Morgan fingerprint density at radius 3 is 1.08 bits per heavy atom. The van der Waals surface area contributed by atoms with Crippen LogP contribution in [0.1, 0.15) is 0 Å². The summed E-state index contributed by atoms with van der Waals surface area (Å²) in [5, 5.41) is 0. The van der Waals surface area contributed by atoms with E-state index < -0.39 is 0 Å². The first kappa shape index (κ1) is 14.3. The number of hydrogen-bond acceptors (Lipinski definition) is 2. The summed E-state index contributed by atoms with van der Waals surface area (Å²) in [7, 11) is 0. The Hall–Kier alpha value is -3.26. The molecule has 2 heteroatoms. The summed E-state index contributed by atoms with van der Waals surface area (Å²) in [6.07, 6.45) is 7.34. The number of rotatable bonds is 3. The molecule has 0 saturated carbocycles. The maximum Gasteiger partial charge on any atom is 0.0273 e. The van der Waals surface area contributed by atoms with Gasteiger partial charge in [0.25, 0.3) is 0 Å². The summed E-state index contributed by atoms with van der Waals surface area (Å²) >= 11 is 0. The zero-order valence-electron chi connectivity index (χ0n) is 13.1. The number of aromatic nitrogens is 2. The van der Waals surface area contributed by atoms with Crippen LogP contribution in [0.5, 0.6) is 0 Å². The largest absolute Gasteiger partial charge is 0.265 e. The van der Waals surface area contributed by atoms with E-state index in [1.807, 2.05) is 49.1 Å². The molecule has 2 heterocycles. The van der Waals surface area contributed by atoms with Crippen molar-refractivity contribution in [2.75, 3.05) is 0 Å². The molecule has 0 spiro atoms. The van der Waals surface area contributed by atoms with Crippen LogP contribution in [0.4, 0.5) is 0 Å². The van der Waals surface area contributed by atoms with Gasteiger partial charge in [0.15, 0.2) is 0 Å². The zero-order valence-corrected chi connectivity index (χ0v) is 13.1. The van der Waals surface area contributed by atoms with Crippen LogP contribution in [0.25, 0.3) is 33.4 Å². The number of nitrogens with zero attached hydrogens (tertiary/aromatic N) is 2. The highest BCUT2D eigenvalue weighted by Gasteiger charge is 2.11. The second kappa shape index (κ2) is 6.47. The number of benzene rings is 2. The van der Waals surface area contributed by atoms with Crippen molar-refractivity contribution in [1.29, 1.82) is 0 Å². The summed E-state index contributed by atoms with van der Waals surface area (Å²) in [6, 6.07) is 25.2. The lowest BCUT2D eigenvalue weighted by molar-refractivity contribution is 1.33. The van der Waals surface area contributed by atoms with Crippen LogP contribution in [0.3, 0.4) is 0 Å². The van der Waals surface area contributed by atoms with Crippen molar-refractivity contribution in [2.24, 2.45) is 0 Å². The van der Waals surface area contributed by atoms with Crippen molar-refractivity contribution in [1.82, 2.24) is 9.97 Å². The van der Waals surface area contributed by atoms with Gasteiger partial charge in [0.05, 0.1) is 0 Å². The SMILES string of the molecule is c1ccc(-c2ccccc2-c2ccncc2)c(-c2ccncc2)c1. The first-order chi connectivity index (χ1) is 11.9. The smallest absolute Gasteiger partial charge is 0.0273 e. The standard InChI is InChI=1S/C22H16N2/c1-3-7-21(19(5-1)17-9-13-23-14-10-17)22-8-4-2-6-20(22)18-11-15-24-16-12-18/h1-16H. The predicted molar refractivity (Wildman–Crippen MR) is 98.3 cm³/mol. The fourth-order valence-corrected chi connectivity index (χ4v) is 3.00. The summed E-state index contributed by atoms with van der Waals surface area (Å²) in [4.78, 5) is 8.26. The van der Waals surface area contributed by atoms with Crippen LogP contribution in [0.2, 0.25) is 0 Å². The van der Waals surface area contributed by atoms with Crippen molar-refractivity contribution < 1.29 is 0 Å². The Kier molecular flexibility index (Phi) is 3.86. The first-order valence-electron chi connectivity index (χ1n) is 7.93. The molecule has 0 saturated heterocycles. The highest BCUT2D eigenvalue weighted by Crippen LogP contribution is 2.37. The van der Waals surface area contributed by atoms with E-state index >= 15 is 0 Å². The molecule has 0 aliphatic heterocycles. The second-order valence-electron chi connectivity index (χ2n) is 5.56. The molecule has 0 bridgehead atoms. The molecule has 24 heavy (non-hydrogen) atoms. The minimum absolute atomic E-state index is 1.17. The molecule has 2 nitrogen and oxygen atoms in total. The third-order valence-corrected chi connectivity index (χ3v) is 4.13. The average molecular weight is 308 g/mol. The molecule has 0 atom stereocenters. The molecule has 2 aromatic heterocycles. The van der Waals surface area contributed by atoms with Crippen LogP contribution >= 0.6 is 0 Å². The molecular formula is C22H16N2. The van der Waals surface area contributed by atoms with Gasteiger partial charge in [-0.05, 0) is 57.6 Å². The van der Waals surface area contributed by atoms with Gasteiger partial charge in [-0.3, -0.25) is 9.97 Å². The van der Waals surface area contributed by atoms with Crippen molar-refractivity contribution in [3.63, 3.8) is 0 Å². The molecule has 0 fully saturated rings. The lowest BCUT2D eigenvalue weighted by Crippen LogP contribution is -1.89. The topological polar surface area (TPSA) is 25.8 Å². The summed E-state index contributed by atoms with van der Waals surface area (Å²) in [5.74, 6) is 0. The van der Waals surface area contributed by atoms with Crippen LogP contribution in [0.15, 0.2) is 97.6 Å². The maximum absolute atomic E-state index is 4.13. The Balaban J connectivity index is 1.93. The molecule has 0 aliphatic rings. The van der Waals surface area contributed by atoms with E-state index in [2.05, 4.69) is 58.5 Å². The molecule has 0 amide bonds. The molecule has 0 aliphatic carbocycles. The van der Waals surface area contributed by atoms with Gasteiger partial charge in [-0.25, -0.2) is 0 Å². The van der Waals surface area contributed by atoms with Gasteiger partial charge < -0.3 is 0 Å². The molecule has 0 radical (unpaired) electrons. The van der Waals surface area contributed by atoms with E-state index in [1.165, 1.54) is 33.4 Å². The minimum atomic E-state index is 1.17. The Labute approximate surface area is 141 Å². The molecular weight excluding hydrogens is 292 g/mol. The molecule has 0 N–H and O–H groups in total. The molecule has 114 valence electrons. The molecule has 4 rings (SSSR count). The van der Waals surface area contributed by atoms with E-state index in [4.69, 9.17) is 0 Å². The lowest BCUT2D eigenvalue weighted by Gasteiger charge is -2.14. The molecule has 4 aromatic rings. The van der Waals surface area contributed by atoms with Gasteiger partial charge in [-0.15, -0.1) is 0 Å².